The summed E-state index contributed by atoms with van der Waals surface area (Å²) in [7, 11) is 0. The Balaban J connectivity index is 0.000000423. The van der Waals surface area contributed by atoms with Crippen molar-refractivity contribution in [3.05, 3.63) is 30.3 Å². The van der Waals surface area contributed by atoms with E-state index in [1.165, 1.54) is 0 Å². The van der Waals surface area contributed by atoms with Crippen molar-refractivity contribution in [2.45, 2.75) is 13.3 Å². The molecule has 1 rings (SSSR count). The van der Waals surface area contributed by atoms with E-state index < -0.39 is 5.97 Å². The molecule has 0 unspecified atom stereocenters. The third kappa shape index (κ3) is 10.4. The van der Waals surface area contributed by atoms with E-state index in [0.29, 0.717) is 0 Å². The van der Waals surface area contributed by atoms with Crippen LogP contribution in [0.15, 0.2) is 30.3 Å². The fourth-order valence-electron chi connectivity index (χ4n) is 0.868. The van der Waals surface area contributed by atoms with Gasteiger partial charge in [-0.3, -0.25) is 4.79 Å². The molecule has 0 aromatic heterocycles. The van der Waals surface area contributed by atoms with Crippen molar-refractivity contribution in [2.24, 2.45) is 0 Å². The summed E-state index contributed by atoms with van der Waals surface area (Å²) in [5, 5.41) is 19.1. The second kappa shape index (κ2) is 9.02. The van der Waals surface area contributed by atoms with Crippen molar-refractivity contribution < 1.29 is 15.0 Å². The molecule has 0 aliphatic rings. The van der Waals surface area contributed by atoms with Crippen LogP contribution in [0.5, 0.6) is 0 Å². The molecule has 0 bridgehead atoms. The van der Waals surface area contributed by atoms with Crippen LogP contribution in [0, 0.1) is 0 Å². The molecule has 0 atom stereocenters. The fraction of sp³-hybridized carbons (Fsp3) is 0.364. The third-order valence-electron chi connectivity index (χ3n) is 1.44. The lowest BCUT2D eigenvalue weighted by Gasteiger charge is -2.03. The van der Waals surface area contributed by atoms with Crippen LogP contribution in [0.3, 0.4) is 0 Å². The Bertz CT molecular complexity index is 258. The molecule has 0 spiro atoms. The molecule has 0 saturated heterocycles. The molecule has 0 amide bonds. The van der Waals surface area contributed by atoms with E-state index in [2.05, 4.69) is 5.32 Å². The lowest BCUT2D eigenvalue weighted by Crippen LogP contribution is -2.02. The molecule has 84 valence electrons. The number of rotatable bonds is 4. The lowest BCUT2D eigenvalue weighted by molar-refractivity contribution is -0.134. The van der Waals surface area contributed by atoms with E-state index in [-0.39, 0.29) is 6.61 Å². The minimum absolute atomic E-state index is 0.250. The molecule has 4 nitrogen and oxygen atoms in total. The zero-order chi connectivity index (χ0) is 11.5. The summed E-state index contributed by atoms with van der Waals surface area (Å²) >= 11 is 0. The van der Waals surface area contributed by atoms with Gasteiger partial charge in [-0.05, 0) is 18.6 Å². The summed E-state index contributed by atoms with van der Waals surface area (Å²) in [6.07, 6.45) is 0.800. The maximum Gasteiger partial charge on any atom is 0.300 e. The third-order valence-corrected chi connectivity index (χ3v) is 1.44. The van der Waals surface area contributed by atoms with E-state index in [4.69, 9.17) is 15.0 Å². The maximum atomic E-state index is 9.00. The molecule has 0 heterocycles. The van der Waals surface area contributed by atoms with E-state index in [9.17, 15) is 0 Å². The molecule has 3 N–H and O–H groups in total. The van der Waals surface area contributed by atoms with Crippen LogP contribution in [-0.2, 0) is 4.79 Å². The summed E-state index contributed by atoms with van der Waals surface area (Å²) in [6, 6.07) is 9.98. The molecule has 0 fully saturated rings. The molecule has 0 aliphatic carbocycles. The Morgan fingerprint density at radius 2 is 1.87 bits per heavy atom. The predicted octanol–water partition coefficient (Wildman–Crippen LogP) is 1.57. The standard InChI is InChI=1S/C9H13NO.C2H4O2/c11-8-4-7-10-9-5-2-1-3-6-9;1-2(3)4/h1-3,5-6,10-11H,4,7-8H2;1H3,(H,3,4). The van der Waals surface area contributed by atoms with Crippen LogP contribution in [0.1, 0.15) is 13.3 Å². The van der Waals surface area contributed by atoms with Gasteiger partial charge in [-0.1, -0.05) is 18.2 Å². The smallest absolute Gasteiger partial charge is 0.300 e. The van der Waals surface area contributed by atoms with E-state index in [1.54, 1.807) is 0 Å². The second-order valence-electron chi connectivity index (χ2n) is 2.89. The van der Waals surface area contributed by atoms with Gasteiger partial charge < -0.3 is 15.5 Å². The Kier molecular flexibility index (Phi) is 8.09. The largest absolute Gasteiger partial charge is 0.481 e. The van der Waals surface area contributed by atoms with Crippen LogP contribution in [-0.4, -0.2) is 29.3 Å². The quantitative estimate of drug-likeness (QED) is 0.661. The number of anilines is 1. The number of nitrogens with one attached hydrogen (secondary N) is 1. The summed E-state index contributed by atoms with van der Waals surface area (Å²) in [6.45, 7) is 2.17. The Hall–Kier alpha value is -1.55. The summed E-state index contributed by atoms with van der Waals surface area (Å²) in [5.74, 6) is -0.833. The maximum absolute atomic E-state index is 9.00. The van der Waals surface area contributed by atoms with Crippen LogP contribution < -0.4 is 5.32 Å². The molecule has 15 heavy (non-hydrogen) atoms. The monoisotopic (exact) mass is 211 g/mol. The number of aliphatic carboxylic acids is 1. The average Bonchev–Trinajstić information content (AvgIpc) is 2.19. The SMILES string of the molecule is CC(=O)O.OCCCNc1ccccc1. The first-order chi connectivity index (χ1) is 7.16. The second-order valence-corrected chi connectivity index (χ2v) is 2.89. The normalized spacial score (nSPS) is 8.67. The van der Waals surface area contributed by atoms with Crippen molar-refractivity contribution in [1.29, 1.82) is 0 Å². The number of benzene rings is 1. The number of carboxylic acid groups (broad SMARTS) is 1. The molecule has 0 saturated carbocycles. The fourth-order valence-corrected chi connectivity index (χ4v) is 0.868. The first-order valence-electron chi connectivity index (χ1n) is 4.76. The summed E-state index contributed by atoms with van der Waals surface area (Å²) in [4.78, 5) is 9.00. The van der Waals surface area contributed by atoms with E-state index in [1.807, 2.05) is 30.3 Å². The van der Waals surface area contributed by atoms with Gasteiger partial charge in [0.2, 0.25) is 0 Å². The van der Waals surface area contributed by atoms with Gasteiger partial charge in [0, 0.05) is 25.8 Å². The summed E-state index contributed by atoms with van der Waals surface area (Å²) in [5.41, 5.74) is 1.11. The van der Waals surface area contributed by atoms with E-state index >= 15 is 0 Å². The number of para-hydroxylation sites is 1. The van der Waals surface area contributed by atoms with Crippen molar-refractivity contribution in [2.75, 3.05) is 18.5 Å². The lowest BCUT2D eigenvalue weighted by atomic mass is 10.3. The van der Waals surface area contributed by atoms with Gasteiger partial charge in [0.15, 0.2) is 0 Å². The van der Waals surface area contributed by atoms with Crippen LogP contribution >= 0.6 is 0 Å². The zero-order valence-corrected chi connectivity index (χ0v) is 8.81. The first-order valence-corrected chi connectivity index (χ1v) is 4.76. The number of hydrogen-bond donors (Lipinski definition) is 3. The number of hydrogen-bond acceptors (Lipinski definition) is 3. The highest BCUT2D eigenvalue weighted by molar-refractivity contribution is 5.62. The minimum atomic E-state index is -0.833. The summed E-state index contributed by atoms with van der Waals surface area (Å²) < 4.78 is 0. The highest BCUT2D eigenvalue weighted by Gasteiger charge is 1.86. The minimum Gasteiger partial charge on any atom is -0.481 e. The zero-order valence-electron chi connectivity index (χ0n) is 8.81. The van der Waals surface area contributed by atoms with Crippen LogP contribution in [0.4, 0.5) is 5.69 Å². The Morgan fingerprint density at radius 1 is 1.33 bits per heavy atom. The van der Waals surface area contributed by atoms with E-state index in [0.717, 1.165) is 25.6 Å². The Labute approximate surface area is 89.6 Å². The van der Waals surface area contributed by atoms with Gasteiger partial charge in [-0.15, -0.1) is 0 Å². The van der Waals surface area contributed by atoms with Gasteiger partial charge in [0.1, 0.15) is 0 Å². The predicted molar refractivity (Wildman–Crippen MR) is 59.9 cm³/mol. The van der Waals surface area contributed by atoms with Crippen molar-refractivity contribution >= 4 is 11.7 Å². The molecule has 0 aliphatic heterocycles. The van der Waals surface area contributed by atoms with Gasteiger partial charge in [-0.2, -0.15) is 0 Å². The number of carboxylic acids is 1. The highest BCUT2D eigenvalue weighted by atomic mass is 16.4. The topological polar surface area (TPSA) is 69.6 Å². The first kappa shape index (κ1) is 13.4. The molecule has 1 aromatic rings. The van der Waals surface area contributed by atoms with Crippen LogP contribution in [0.2, 0.25) is 0 Å². The molecular formula is C11H17NO3. The molecule has 1 aromatic carbocycles. The van der Waals surface area contributed by atoms with Gasteiger partial charge in [-0.25, -0.2) is 0 Å². The number of aliphatic hydroxyl groups excluding tert-OH is 1. The molecule has 4 heteroatoms. The van der Waals surface area contributed by atoms with Crippen LogP contribution in [0.25, 0.3) is 0 Å². The molecular weight excluding hydrogens is 194 g/mol. The molecule has 0 radical (unpaired) electrons. The van der Waals surface area contributed by atoms with Gasteiger partial charge in [0.05, 0.1) is 0 Å². The van der Waals surface area contributed by atoms with Crippen molar-refractivity contribution in [3.8, 4) is 0 Å². The van der Waals surface area contributed by atoms with Gasteiger partial charge >= 0.3 is 0 Å². The Morgan fingerprint density at radius 3 is 2.33 bits per heavy atom. The number of aliphatic hydroxyl groups is 1. The van der Waals surface area contributed by atoms with Gasteiger partial charge in [0.25, 0.3) is 5.97 Å². The average molecular weight is 211 g/mol. The van der Waals surface area contributed by atoms with Crippen molar-refractivity contribution in [1.82, 2.24) is 0 Å². The highest BCUT2D eigenvalue weighted by Crippen LogP contribution is 2.03. The number of carbonyl (C=O) groups is 1. The van der Waals surface area contributed by atoms with Crippen molar-refractivity contribution in [3.63, 3.8) is 0 Å².